The molecule has 1 atom stereocenters. The summed E-state index contributed by atoms with van der Waals surface area (Å²) >= 11 is 12.7. The number of halogens is 2. The molecule has 6 nitrogen and oxygen atoms in total. The van der Waals surface area contributed by atoms with Crippen molar-refractivity contribution in [2.75, 3.05) is 13.2 Å². The third-order valence-electron chi connectivity index (χ3n) is 4.27. The lowest BCUT2D eigenvalue weighted by Gasteiger charge is -2.30. The van der Waals surface area contributed by atoms with Crippen molar-refractivity contribution in [1.29, 1.82) is 0 Å². The predicted molar refractivity (Wildman–Crippen MR) is 112 cm³/mol. The van der Waals surface area contributed by atoms with E-state index in [4.69, 9.17) is 32.7 Å². The van der Waals surface area contributed by atoms with Crippen LogP contribution in [-0.2, 0) is 9.53 Å². The zero-order valence-corrected chi connectivity index (χ0v) is 17.4. The number of hydrogen-bond donors (Lipinski definition) is 2. The highest BCUT2D eigenvalue weighted by Crippen LogP contribution is 2.39. The minimum atomic E-state index is -0.802. The Morgan fingerprint density at radius 2 is 1.72 bits per heavy atom. The van der Waals surface area contributed by atoms with E-state index in [1.165, 1.54) is 0 Å². The first kappa shape index (κ1) is 21.0. The first-order valence-electron chi connectivity index (χ1n) is 9.12. The van der Waals surface area contributed by atoms with Crippen molar-refractivity contribution in [1.82, 2.24) is 10.6 Å². The Morgan fingerprint density at radius 1 is 1.07 bits per heavy atom. The lowest BCUT2D eigenvalue weighted by molar-refractivity contribution is -0.138. The second-order valence-electron chi connectivity index (χ2n) is 6.15. The van der Waals surface area contributed by atoms with Crippen LogP contribution in [0.4, 0.5) is 4.79 Å². The summed E-state index contributed by atoms with van der Waals surface area (Å²) in [5.41, 5.74) is 1.85. The molecule has 0 aliphatic carbocycles. The van der Waals surface area contributed by atoms with E-state index in [1.807, 2.05) is 25.1 Å². The van der Waals surface area contributed by atoms with Crippen LogP contribution in [0.2, 0.25) is 10.0 Å². The van der Waals surface area contributed by atoms with Crippen molar-refractivity contribution in [3.05, 3.63) is 69.2 Å². The summed E-state index contributed by atoms with van der Waals surface area (Å²) in [7, 11) is 0. The maximum absolute atomic E-state index is 12.8. The van der Waals surface area contributed by atoms with Crippen LogP contribution in [0.25, 0.3) is 5.70 Å². The van der Waals surface area contributed by atoms with Crippen molar-refractivity contribution in [2.24, 2.45) is 0 Å². The Morgan fingerprint density at radius 3 is 2.31 bits per heavy atom. The van der Waals surface area contributed by atoms with E-state index in [9.17, 15) is 9.59 Å². The van der Waals surface area contributed by atoms with E-state index >= 15 is 0 Å². The number of amides is 2. The fraction of sp³-hybridized carbons (Fsp3) is 0.238. The lowest BCUT2D eigenvalue weighted by Crippen LogP contribution is -2.45. The van der Waals surface area contributed by atoms with Crippen molar-refractivity contribution in [3.8, 4) is 5.75 Å². The Labute approximate surface area is 178 Å². The maximum Gasteiger partial charge on any atom is 0.338 e. The van der Waals surface area contributed by atoms with Gasteiger partial charge in [0.05, 0.1) is 40.6 Å². The molecule has 0 saturated heterocycles. The number of rotatable bonds is 6. The van der Waals surface area contributed by atoms with Crippen molar-refractivity contribution in [3.63, 3.8) is 0 Å². The summed E-state index contributed by atoms with van der Waals surface area (Å²) in [4.78, 5) is 25.2. The third-order valence-corrected chi connectivity index (χ3v) is 4.83. The molecule has 0 spiro atoms. The van der Waals surface area contributed by atoms with Gasteiger partial charge >= 0.3 is 12.0 Å². The molecule has 2 aromatic rings. The van der Waals surface area contributed by atoms with Gasteiger partial charge in [-0.1, -0.05) is 53.5 Å². The van der Waals surface area contributed by atoms with E-state index in [1.54, 1.807) is 31.2 Å². The average molecular weight is 435 g/mol. The Bertz CT molecular complexity index is 937. The molecule has 152 valence electrons. The minimum Gasteiger partial charge on any atom is -0.491 e. The van der Waals surface area contributed by atoms with Crippen LogP contribution in [-0.4, -0.2) is 25.2 Å². The van der Waals surface area contributed by atoms with E-state index in [2.05, 4.69) is 10.6 Å². The highest BCUT2D eigenvalue weighted by atomic mass is 35.5. The van der Waals surface area contributed by atoms with Gasteiger partial charge in [0.1, 0.15) is 0 Å². The van der Waals surface area contributed by atoms with Crippen molar-refractivity contribution >= 4 is 40.9 Å². The molecule has 3 rings (SSSR count). The molecule has 29 heavy (non-hydrogen) atoms. The fourth-order valence-corrected chi connectivity index (χ4v) is 3.72. The van der Waals surface area contributed by atoms with Crippen LogP contribution in [0, 0.1) is 0 Å². The third kappa shape index (κ3) is 4.49. The molecule has 2 N–H and O–H groups in total. The number of esters is 1. The zero-order valence-electron chi connectivity index (χ0n) is 15.9. The maximum atomic E-state index is 12.8. The van der Waals surface area contributed by atoms with Gasteiger partial charge in [0.15, 0.2) is 5.75 Å². The summed E-state index contributed by atoms with van der Waals surface area (Å²) < 4.78 is 10.7. The van der Waals surface area contributed by atoms with E-state index in [0.717, 1.165) is 0 Å². The number of benzene rings is 2. The van der Waals surface area contributed by atoms with Gasteiger partial charge in [-0.05, 0) is 37.1 Å². The van der Waals surface area contributed by atoms with E-state index in [0.29, 0.717) is 29.2 Å². The van der Waals surface area contributed by atoms with Gasteiger partial charge in [-0.15, -0.1) is 0 Å². The molecule has 0 radical (unpaired) electrons. The molecule has 0 saturated carbocycles. The summed E-state index contributed by atoms with van der Waals surface area (Å²) in [5, 5.41) is 6.05. The molecule has 8 heteroatoms. The largest absolute Gasteiger partial charge is 0.491 e. The average Bonchev–Trinajstić information content (AvgIpc) is 2.70. The molecule has 2 amide bonds. The second kappa shape index (κ2) is 9.20. The number of hydrogen-bond acceptors (Lipinski definition) is 4. The summed E-state index contributed by atoms with van der Waals surface area (Å²) in [5.74, 6) is -0.199. The number of nitrogens with one attached hydrogen (secondary N) is 2. The highest BCUT2D eigenvalue weighted by Gasteiger charge is 2.35. The topological polar surface area (TPSA) is 76.7 Å². The quantitative estimate of drug-likeness (QED) is 0.644. The van der Waals surface area contributed by atoms with Crippen LogP contribution in [0.3, 0.4) is 0 Å². The lowest BCUT2D eigenvalue weighted by atomic mass is 9.92. The van der Waals surface area contributed by atoms with Gasteiger partial charge in [0.25, 0.3) is 0 Å². The summed E-state index contributed by atoms with van der Waals surface area (Å²) in [6.07, 6.45) is 0. The Hall–Kier alpha value is -2.70. The smallest absolute Gasteiger partial charge is 0.338 e. The first-order valence-corrected chi connectivity index (χ1v) is 9.87. The van der Waals surface area contributed by atoms with Crippen LogP contribution in [0.15, 0.2) is 48.0 Å². The molecular formula is C21H20Cl2N2O4. The van der Waals surface area contributed by atoms with Gasteiger partial charge in [0, 0.05) is 0 Å². The molecule has 1 aliphatic rings. The summed E-state index contributed by atoms with van der Waals surface area (Å²) in [6, 6.07) is 11.1. The number of ether oxygens (including phenoxy) is 2. The molecule has 0 bridgehead atoms. The minimum absolute atomic E-state index is 0.190. The van der Waals surface area contributed by atoms with Crippen molar-refractivity contribution in [2.45, 2.75) is 19.9 Å². The number of urea groups is 1. The molecule has 2 aromatic carbocycles. The number of carbonyl (C=O) groups is 2. The predicted octanol–water partition coefficient (Wildman–Crippen LogP) is 4.72. The second-order valence-corrected chi connectivity index (χ2v) is 6.97. The summed E-state index contributed by atoms with van der Waals surface area (Å²) in [6.45, 7) is 4.13. The monoisotopic (exact) mass is 434 g/mol. The van der Waals surface area contributed by atoms with Crippen LogP contribution < -0.4 is 15.4 Å². The first-order chi connectivity index (χ1) is 14.0. The highest BCUT2D eigenvalue weighted by molar-refractivity contribution is 6.37. The van der Waals surface area contributed by atoms with Crippen LogP contribution in [0.1, 0.15) is 31.0 Å². The zero-order chi connectivity index (χ0) is 21.0. The van der Waals surface area contributed by atoms with Crippen LogP contribution >= 0.6 is 23.2 Å². The van der Waals surface area contributed by atoms with Gasteiger partial charge in [0.2, 0.25) is 0 Å². The van der Waals surface area contributed by atoms with Crippen LogP contribution in [0.5, 0.6) is 5.75 Å². The van der Waals surface area contributed by atoms with Gasteiger partial charge in [-0.2, -0.15) is 0 Å². The fourth-order valence-electron chi connectivity index (χ4n) is 3.10. The molecule has 0 fully saturated rings. The Kier molecular flexibility index (Phi) is 6.67. The molecule has 1 heterocycles. The van der Waals surface area contributed by atoms with E-state index < -0.39 is 18.0 Å². The molecule has 1 unspecified atom stereocenters. The van der Waals surface area contributed by atoms with Gasteiger partial charge in [-0.3, -0.25) is 0 Å². The van der Waals surface area contributed by atoms with Gasteiger partial charge < -0.3 is 20.1 Å². The molecule has 1 aliphatic heterocycles. The standard InChI is InChI=1S/C21H20Cl2N2O4/c1-3-28-19-14(22)10-13(11-15(19)23)18-16(20(26)29-4-2)17(24-21(27)25-18)12-8-6-5-7-9-12/h5-11,18H,3-4H2,1-2H3,(H2,24,25,27). The normalized spacial score (nSPS) is 16.1. The molecular weight excluding hydrogens is 415 g/mol. The Balaban J connectivity index is 2.18. The number of carbonyl (C=O) groups excluding carboxylic acids is 2. The van der Waals surface area contributed by atoms with Gasteiger partial charge in [-0.25, -0.2) is 9.59 Å². The SMILES string of the molecule is CCOC(=O)C1=C(c2ccccc2)NC(=O)NC1c1cc(Cl)c(OCC)c(Cl)c1. The van der Waals surface area contributed by atoms with Crippen molar-refractivity contribution < 1.29 is 19.1 Å². The molecule has 0 aromatic heterocycles. The van der Waals surface area contributed by atoms with E-state index in [-0.39, 0.29) is 22.2 Å².